The van der Waals surface area contributed by atoms with E-state index in [4.69, 9.17) is 0 Å². The van der Waals surface area contributed by atoms with Crippen LogP contribution in [0.15, 0.2) is 0 Å². The van der Waals surface area contributed by atoms with Crippen LogP contribution in [0.3, 0.4) is 0 Å². The monoisotopic (exact) mass is 143 g/mol. The van der Waals surface area contributed by atoms with Crippen molar-refractivity contribution in [2.75, 3.05) is 20.7 Å². The van der Waals surface area contributed by atoms with Gasteiger partial charge in [-0.15, -0.1) is 0 Å². The first-order valence-corrected chi connectivity index (χ1v) is 3.54. The first-order chi connectivity index (χ1) is 4.75. The summed E-state index contributed by atoms with van der Waals surface area (Å²) in [4.78, 5) is 13.0. The van der Waals surface area contributed by atoms with Gasteiger partial charge < -0.3 is 4.74 Å². The average molecular weight is 143 g/mol. The second-order valence-corrected chi connectivity index (χ2v) is 2.66. The molecule has 0 amide bonds. The summed E-state index contributed by atoms with van der Waals surface area (Å²) in [6.45, 7) is 1.01. The van der Waals surface area contributed by atoms with Gasteiger partial charge in [-0.3, -0.25) is 9.69 Å². The summed E-state index contributed by atoms with van der Waals surface area (Å²) < 4.78 is 4.62. The Morgan fingerprint density at radius 1 is 1.70 bits per heavy atom. The quantitative estimate of drug-likeness (QED) is 0.493. The van der Waals surface area contributed by atoms with Crippen LogP contribution >= 0.6 is 0 Å². The molecule has 0 aromatic heterocycles. The maximum atomic E-state index is 11.0. The number of hydrogen-bond donors (Lipinski definition) is 0. The lowest BCUT2D eigenvalue weighted by Gasteiger charge is -2.15. The number of carbonyl (C=O) groups excluding carboxylic acids is 1. The van der Waals surface area contributed by atoms with Gasteiger partial charge in [0.1, 0.15) is 6.04 Å². The highest BCUT2D eigenvalue weighted by Gasteiger charge is 2.27. The summed E-state index contributed by atoms with van der Waals surface area (Å²) in [5, 5.41) is 0. The van der Waals surface area contributed by atoms with Crippen molar-refractivity contribution in [1.82, 2.24) is 4.90 Å². The van der Waals surface area contributed by atoms with Crippen molar-refractivity contribution >= 4 is 5.97 Å². The number of esters is 1. The molecule has 1 rings (SSSR count). The lowest BCUT2D eigenvalue weighted by Crippen LogP contribution is -2.33. The topological polar surface area (TPSA) is 29.5 Å². The summed E-state index contributed by atoms with van der Waals surface area (Å²) in [5.41, 5.74) is 0. The molecule has 1 atom stereocenters. The Balaban J connectivity index is 2.46. The van der Waals surface area contributed by atoms with Gasteiger partial charge in [-0.2, -0.15) is 0 Å². The molecule has 0 N–H and O–H groups in total. The Kier molecular flexibility index (Phi) is 2.27. The van der Waals surface area contributed by atoms with Gasteiger partial charge in [-0.1, -0.05) is 0 Å². The Bertz CT molecular complexity index is 136. The maximum Gasteiger partial charge on any atom is 0.323 e. The minimum atomic E-state index is -0.0972. The van der Waals surface area contributed by atoms with E-state index >= 15 is 0 Å². The van der Waals surface area contributed by atoms with Crippen LogP contribution in [0.1, 0.15) is 12.8 Å². The molecule has 1 heterocycles. The third-order valence-electron chi connectivity index (χ3n) is 1.99. The van der Waals surface area contributed by atoms with Gasteiger partial charge in [-0.05, 0) is 26.4 Å². The van der Waals surface area contributed by atoms with Gasteiger partial charge in [0, 0.05) is 0 Å². The smallest absolute Gasteiger partial charge is 0.323 e. The Morgan fingerprint density at radius 3 is 2.80 bits per heavy atom. The number of likely N-dealkylation sites (N-methyl/N-ethyl adjacent to an activating group) is 1. The summed E-state index contributed by atoms with van der Waals surface area (Å²) in [7, 11) is 3.39. The maximum absolute atomic E-state index is 11.0. The van der Waals surface area contributed by atoms with E-state index in [9.17, 15) is 4.79 Å². The number of ether oxygens (including phenoxy) is 1. The second-order valence-electron chi connectivity index (χ2n) is 2.66. The molecule has 10 heavy (non-hydrogen) atoms. The Hall–Kier alpha value is -0.570. The van der Waals surface area contributed by atoms with E-state index in [0.29, 0.717) is 0 Å². The van der Waals surface area contributed by atoms with E-state index in [1.54, 1.807) is 0 Å². The lowest BCUT2D eigenvalue weighted by atomic mass is 10.2. The molecule has 0 aromatic carbocycles. The molecule has 0 spiro atoms. The fourth-order valence-corrected chi connectivity index (χ4v) is 1.34. The molecule has 0 unspecified atom stereocenters. The molecule has 0 saturated carbocycles. The van der Waals surface area contributed by atoms with E-state index in [2.05, 4.69) is 4.74 Å². The lowest BCUT2D eigenvalue weighted by molar-refractivity contribution is -0.145. The normalized spacial score (nSPS) is 26.8. The minimum absolute atomic E-state index is 0.0185. The predicted molar refractivity (Wildman–Crippen MR) is 37.7 cm³/mol. The van der Waals surface area contributed by atoms with Crippen LogP contribution in [0.4, 0.5) is 0 Å². The number of hydrogen-bond acceptors (Lipinski definition) is 3. The highest BCUT2D eigenvalue weighted by atomic mass is 16.5. The Morgan fingerprint density at radius 2 is 2.40 bits per heavy atom. The molecule has 0 bridgehead atoms. The minimum Gasteiger partial charge on any atom is -0.468 e. The highest BCUT2D eigenvalue weighted by Crippen LogP contribution is 2.15. The number of nitrogens with zero attached hydrogens (tertiary/aromatic N) is 1. The molecule has 3 heteroatoms. The van der Waals surface area contributed by atoms with Crippen LogP contribution in [0.2, 0.25) is 0 Å². The van der Waals surface area contributed by atoms with Gasteiger partial charge in [0.15, 0.2) is 0 Å². The van der Waals surface area contributed by atoms with E-state index in [-0.39, 0.29) is 12.0 Å². The molecule has 1 saturated heterocycles. The van der Waals surface area contributed by atoms with Crippen molar-refractivity contribution in [1.29, 1.82) is 0 Å². The zero-order valence-corrected chi connectivity index (χ0v) is 6.46. The molecule has 1 fully saturated rings. The molecular formula is C7H13NO2. The third-order valence-corrected chi connectivity index (χ3v) is 1.99. The SMILES string of the molecule is COC(=O)[C@H]1CCCN1C. The first-order valence-electron chi connectivity index (χ1n) is 3.54. The van der Waals surface area contributed by atoms with Crippen LogP contribution in [0, 0.1) is 0 Å². The van der Waals surface area contributed by atoms with Crippen LogP contribution in [0.25, 0.3) is 0 Å². The molecule has 0 aromatic rings. The summed E-state index contributed by atoms with van der Waals surface area (Å²) >= 11 is 0. The van der Waals surface area contributed by atoms with Crippen molar-refractivity contribution in [3.63, 3.8) is 0 Å². The molecule has 58 valence electrons. The van der Waals surface area contributed by atoms with Gasteiger partial charge in [0.2, 0.25) is 0 Å². The van der Waals surface area contributed by atoms with Gasteiger partial charge in [0.05, 0.1) is 7.11 Å². The number of rotatable bonds is 1. The molecule has 1 aliphatic rings. The molecular weight excluding hydrogens is 130 g/mol. The van der Waals surface area contributed by atoms with E-state index in [1.165, 1.54) is 7.11 Å². The predicted octanol–water partition coefficient (Wildman–Crippen LogP) is 0.254. The van der Waals surface area contributed by atoms with E-state index in [0.717, 1.165) is 19.4 Å². The number of likely N-dealkylation sites (tertiary alicyclic amines) is 1. The van der Waals surface area contributed by atoms with Crippen LogP contribution in [0.5, 0.6) is 0 Å². The van der Waals surface area contributed by atoms with Crippen molar-refractivity contribution in [2.45, 2.75) is 18.9 Å². The standard InChI is InChI=1S/C7H13NO2/c1-8-5-3-4-6(8)7(9)10-2/h6H,3-5H2,1-2H3/t6-/m1/s1. The van der Waals surface area contributed by atoms with Crippen LogP contribution in [-0.4, -0.2) is 37.6 Å². The molecule has 0 radical (unpaired) electrons. The van der Waals surface area contributed by atoms with E-state index < -0.39 is 0 Å². The molecule has 3 nitrogen and oxygen atoms in total. The van der Waals surface area contributed by atoms with E-state index in [1.807, 2.05) is 11.9 Å². The fraction of sp³-hybridized carbons (Fsp3) is 0.857. The zero-order valence-electron chi connectivity index (χ0n) is 6.46. The molecule has 1 aliphatic heterocycles. The van der Waals surface area contributed by atoms with Gasteiger partial charge >= 0.3 is 5.97 Å². The van der Waals surface area contributed by atoms with Crippen LogP contribution in [-0.2, 0) is 9.53 Å². The first kappa shape index (κ1) is 7.54. The van der Waals surface area contributed by atoms with Crippen molar-refractivity contribution in [2.24, 2.45) is 0 Å². The van der Waals surface area contributed by atoms with Crippen molar-refractivity contribution < 1.29 is 9.53 Å². The second kappa shape index (κ2) is 3.01. The Labute approximate surface area is 61.0 Å². The average Bonchev–Trinajstić information content (AvgIpc) is 2.34. The molecule has 0 aliphatic carbocycles. The number of carbonyl (C=O) groups is 1. The zero-order chi connectivity index (χ0) is 7.56. The largest absolute Gasteiger partial charge is 0.468 e. The van der Waals surface area contributed by atoms with Gasteiger partial charge in [-0.25, -0.2) is 0 Å². The third kappa shape index (κ3) is 1.29. The van der Waals surface area contributed by atoms with Crippen molar-refractivity contribution in [3.8, 4) is 0 Å². The summed E-state index contributed by atoms with van der Waals surface area (Å²) in [6, 6.07) is 0.0185. The fourth-order valence-electron chi connectivity index (χ4n) is 1.34. The van der Waals surface area contributed by atoms with Crippen LogP contribution < -0.4 is 0 Å². The highest BCUT2D eigenvalue weighted by molar-refractivity contribution is 5.75. The summed E-state index contributed by atoms with van der Waals surface area (Å²) in [5.74, 6) is -0.0972. The number of methoxy groups -OCH3 is 1. The van der Waals surface area contributed by atoms with Gasteiger partial charge in [0.25, 0.3) is 0 Å². The van der Waals surface area contributed by atoms with Crippen molar-refractivity contribution in [3.05, 3.63) is 0 Å². The summed E-state index contributed by atoms with van der Waals surface area (Å²) in [6.07, 6.45) is 2.06.